The molecule has 0 fully saturated rings. The molecule has 0 spiro atoms. The SMILES string of the molecule is CCC(NC(=O)c1noc(C)c1COc1cccc(C)c1C)c1ccccc1. The van der Waals surface area contributed by atoms with Gasteiger partial charge >= 0.3 is 0 Å². The smallest absolute Gasteiger partial charge is 0.274 e. The van der Waals surface area contributed by atoms with Crippen LogP contribution in [0.5, 0.6) is 5.75 Å². The molecule has 1 heterocycles. The maximum atomic E-state index is 12.9. The number of nitrogens with zero attached hydrogens (tertiary/aromatic N) is 1. The Hall–Kier alpha value is -3.08. The summed E-state index contributed by atoms with van der Waals surface area (Å²) in [7, 11) is 0. The summed E-state index contributed by atoms with van der Waals surface area (Å²) in [6.45, 7) is 8.12. The van der Waals surface area contributed by atoms with Crippen LogP contribution in [0.4, 0.5) is 0 Å². The fraction of sp³-hybridized carbons (Fsp3) is 0.304. The van der Waals surface area contributed by atoms with Gasteiger partial charge in [0.15, 0.2) is 5.69 Å². The molecule has 5 nitrogen and oxygen atoms in total. The van der Waals surface area contributed by atoms with Gasteiger partial charge in [-0.25, -0.2) is 0 Å². The van der Waals surface area contributed by atoms with Crippen LogP contribution < -0.4 is 10.1 Å². The lowest BCUT2D eigenvalue weighted by Crippen LogP contribution is -2.29. The number of amides is 1. The predicted molar refractivity (Wildman–Crippen MR) is 108 cm³/mol. The van der Waals surface area contributed by atoms with Crippen LogP contribution in [-0.2, 0) is 6.61 Å². The van der Waals surface area contributed by atoms with E-state index in [-0.39, 0.29) is 24.2 Å². The summed E-state index contributed by atoms with van der Waals surface area (Å²) in [5.41, 5.74) is 4.24. The molecule has 0 bridgehead atoms. The predicted octanol–water partition coefficient (Wildman–Crippen LogP) is 5.06. The fourth-order valence-electron chi connectivity index (χ4n) is 3.10. The third-order valence-electron chi connectivity index (χ3n) is 5.04. The van der Waals surface area contributed by atoms with Crippen molar-refractivity contribution in [1.29, 1.82) is 0 Å². The Morgan fingerprint density at radius 2 is 1.86 bits per heavy atom. The van der Waals surface area contributed by atoms with Crippen molar-refractivity contribution in [2.45, 2.75) is 46.8 Å². The van der Waals surface area contributed by atoms with E-state index in [0.29, 0.717) is 11.3 Å². The minimum atomic E-state index is -0.257. The summed E-state index contributed by atoms with van der Waals surface area (Å²) in [5.74, 6) is 1.12. The van der Waals surface area contributed by atoms with E-state index in [0.717, 1.165) is 28.9 Å². The van der Waals surface area contributed by atoms with Gasteiger partial charge in [-0.3, -0.25) is 4.79 Å². The molecule has 3 aromatic rings. The van der Waals surface area contributed by atoms with E-state index in [1.807, 2.05) is 69.3 Å². The first-order valence-corrected chi connectivity index (χ1v) is 9.51. The zero-order chi connectivity index (χ0) is 20.1. The van der Waals surface area contributed by atoms with Gasteiger partial charge in [-0.05, 0) is 49.9 Å². The highest BCUT2D eigenvalue weighted by Crippen LogP contribution is 2.24. The largest absolute Gasteiger partial charge is 0.488 e. The number of rotatable bonds is 7. The number of aromatic nitrogens is 1. The van der Waals surface area contributed by atoms with Crippen LogP contribution in [0.1, 0.15) is 57.9 Å². The van der Waals surface area contributed by atoms with E-state index in [2.05, 4.69) is 10.5 Å². The molecule has 28 heavy (non-hydrogen) atoms. The number of nitrogens with one attached hydrogen (secondary N) is 1. The van der Waals surface area contributed by atoms with E-state index in [1.165, 1.54) is 0 Å². The molecule has 0 saturated carbocycles. The lowest BCUT2D eigenvalue weighted by atomic mass is 10.0. The third-order valence-corrected chi connectivity index (χ3v) is 5.04. The molecule has 5 heteroatoms. The molecule has 0 aliphatic rings. The van der Waals surface area contributed by atoms with E-state index in [4.69, 9.17) is 9.26 Å². The summed E-state index contributed by atoms with van der Waals surface area (Å²) in [5, 5.41) is 7.04. The van der Waals surface area contributed by atoms with E-state index in [1.54, 1.807) is 6.92 Å². The van der Waals surface area contributed by atoms with Gasteiger partial charge in [-0.2, -0.15) is 0 Å². The van der Waals surface area contributed by atoms with E-state index >= 15 is 0 Å². The molecule has 1 amide bonds. The van der Waals surface area contributed by atoms with Crippen molar-refractivity contribution in [3.8, 4) is 5.75 Å². The van der Waals surface area contributed by atoms with Crippen LogP contribution in [0.25, 0.3) is 0 Å². The average Bonchev–Trinajstić information content (AvgIpc) is 3.08. The monoisotopic (exact) mass is 378 g/mol. The lowest BCUT2D eigenvalue weighted by molar-refractivity contribution is 0.0924. The molecular formula is C23H26N2O3. The Kier molecular flexibility index (Phi) is 6.14. The van der Waals surface area contributed by atoms with Crippen LogP contribution in [0.3, 0.4) is 0 Å². The molecule has 1 unspecified atom stereocenters. The third kappa shape index (κ3) is 4.25. The highest BCUT2D eigenvalue weighted by Gasteiger charge is 2.23. The van der Waals surface area contributed by atoms with Gasteiger partial charge in [-0.15, -0.1) is 0 Å². The van der Waals surface area contributed by atoms with Gasteiger partial charge in [0.2, 0.25) is 0 Å². The molecule has 146 valence electrons. The number of benzene rings is 2. The zero-order valence-electron chi connectivity index (χ0n) is 16.8. The van der Waals surface area contributed by atoms with Crippen LogP contribution in [0.2, 0.25) is 0 Å². The zero-order valence-corrected chi connectivity index (χ0v) is 16.8. The fourth-order valence-corrected chi connectivity index (χ4v) is 3.10. The maximum Gasteiger partial charge on any atom is 0.274 e. The second-order valence-corrected chi connectivity index (χ2v) is 6.90. The number of carbonyl (C=O) groups is 1. The van der Waals surface area contributed by atoms with Crippen molar-refractivity contribution in [1.82, 2.24) is 10.5 Å². The summed E-state index contributed by atoms with van der Waals surface area (Å²) in [6.07, 6.45) is 0.779. The highest BCUT2D eigenvalue weighted by atomic mass is 16.5. The number of hydrogen-bond acceptors (Lipinski definition) is 4. The molecule has 3 rings (SSSR count). The summed E-state index contributed by atoms with van der Waals surface area (Å²) < 4.78 is 11.3. The minimum Gasteiger partial charge on any atom is -0.488 e. The van der Waals surface area contributed by atoms with Crippen LogP contribution in [0.15, 0.2) is 53.1 Å². The first-order valence-electron chi connectivity index (χ1n) is 9.51. The van der Waals surface area contributed by atoms with Crippen molar-refractivity contribution in [2.24, 2.45) is 0 Å². The minimum absolute atomic E-state index is 0.0847. The Morgan fingerprint density at radius 3 is 2.57 bits per heavy atom. The van der Waals surface area contributed by atoms with Crippen molar-refractivity contribution in [2.75, 3.05) is 0 Å². The second kappa shape index (κ2) is 8.74. The molecule has 1 aromatic heterocycles. The Morgan fingerprint density at radius 1 is 1.11 bits per heavy atom. The Bertz CT molecular complexity index is 948. The Balaban J connectivity index is 1.76. The molecule has 0 aliphatic heterocycles. The van der Waals surface area contributed by atoms with Gasteiger partial charge in [0.25, 0.3) is 5.91 Å². The topological polar surface area (TPSA) is 64.4 Å². The second-order valence-electron chi connectivity index (χ2n) is 6.90. The normalized spacial score (nSPS) is 11.9. The van der Waals surface area contributed by atoms with E-state index < -0.39 is 0 Å². The number of ether oxygens (including phenoxy) is 1. The first-order chi connectivity index (χ1) is 13.5. The van der Waals surface area contributed by atoms with Crippen LogP contribution in [-0.4, -0.2) is 11.1 Å². The van der Waals surface area contributed by atoms with Gasteiger partial charge in [0.05, 0.1) is 11.6 Å². The molecule has 1 atom stereocenters. The van der Waals surface area contributed by atoms with Crippen molar-refractivity contribution in [3.05, 3.63) is 82.2 Å². The molecular weight excluding hydrogens is 352 g/mol. The number of carbonyl (C=O) groups excluding carboxylic acids is 1. The van der Waals surface area contributed by atoms with Crippen molar-refractivity contribution < 1.29 is 14.1 Å². The quantitative estimate of drug-likeness (QED) is 0.624. The number of aryl methyl sites for hydroxylation is 2. The highest BCUT2D eigenvalue weighted by molar-refractivity contribution is 5.94. The van der Waals surface area contributed by atoms with Crippen molar-refractivity contribution in [3.63, 3.8) is 0 Å². The summed E-state index contributed by atoms with van der Waals surface area (Å²) in [6, 6.07) is 15.7. The number of hydrogen-bond donors (Lipinski definition) is 1. The summed E-state index contributed by atoms with van der Waals surface area (Å²) in [4.78, 5) is 12.9. The molecule has 2 aromatic carbocycles. The molecule has 0 radical (unpaired) electrons. The lowest BCUT2D eigenvalue weighted by Gasteiger charge is -2.17. The van der Waals surface area contributed by atoms with E-state index in [9.17, 15) is 4.79 Å². The van der Waals surface area contributed by atoms with Crippen LogP contribution >= 0.6 is 0 Å². The average molecular weight is 378 g/mol. The first kappa shape index (κ1) is 19.7. The van der Waals surface area contributed by atoms with Gasteiger partial charge in [0, 0.05) is 0 Å². The van der Waals surface area contributed by atoms with Crippen molar-refractivity contribution >= 4 is 5.91 Å². The Labute approximate surface area is 165 Å². The van der Waals surface area contributed by atoms with Crippen LogP contribution in [0, 0.1) is 20.8 Å². The van der Waals surface area contributed by atoms with Gasteiger partial charge < -0.3 is 14.6 Å². The molecule has 1 N–H and O–H groups in total. The van der Waals surface area contributed by atoms with Gasteiger partial charge in [0.1, 0.15) is 18.1 Å². The van der Waals surface area contributed by atoms with Gasteiger partial charge in [-0.1, -0.05) is 54.5 Å². The maximum absolute atomic E-state index is 12.9. The summed E-state index contributed by atoms with van der Waals surface area (Å²) >= 11 is 0. The standard InChI is InChI=1S/C23H26N2O3/c1-5-20(18-11-7-6-8-12-18)24-23(26)22-19(17(4)28-25-22)14-27-21-13-9-10-15(2)16(21)3/h6-13,20H,5,14H2,1-4H3,(H,24,26). The molecule has 0 aliphatic carbocycles. The molecule has 0 saturated heterocycles.